The first-order chi connectivity index (χ1) is 10.7. The van der Waals surface area contributed by atoms with Crippen molar-refractivity contribution in [3.63, 3.8) is 0 Å². The van der Waals surface area contributed by atoms with Crippen molar-refractivity contribution in [3.05, 3.63) is 35.9 Å². The zero-order chi connectivity index (χ0) is 15.8. The Kier molecular flexibility index (Phi) is 6.72. The van der Waals surface area contributed by atoms with Crippen LogP contribution in [0.25, 0.3) is 0 Å². The highest BCUT2D eigenvalue weighted by Crippen LogP contribution is 2.34. The number of rotatable bonds is 8. The molecule has 2 atom stereocenters. The van der Waals surface area contributed by atoms with Gasteiger partial charge in [0, 0.05) is 13.2 Å². The summed E-state index contributed by atoms with van der Waals surface area (Å²) >= 11 is 0. The number of benzene rings is 1. The van der Waals surface area contributed by atoms with E-state index in [1.54, 1.807) is 0 Å². The lowest BCUT2D eigenvalue weighted by molar-refractivity contribution is 0.221. The Morgan fingerprint density at radius 2 is 2.05 bits per heavy atom. The van der Waals surface area contributed by atoms with Crippen molar-refractivity contribution < 1.29 is 9.90 Å². The molecule has 1 aromatic rings. The van der Waals surface area contributed by atoms with Crippen molar-refractivity contribution in [1.82, 2.24) is 10.6 Å². The Morgan fingerprint density at radius 1 is 1.32 bits per heavy atom. The standard InChI is InChI=1S/C18H28N2O2/c1-14(10-11-21)13-19-18(22)20-17(12-15-6-5-7-15)16-8-3-2-4-9-16/h2-4,8-9,14-15,17,21H,5-7,10-13H2,1H3,(H2,19,20,22). The van der Waals surface area contributed by atoms with Gasteiger partial charge >= 0.3 is 6.03 Å². The van der Waals surface area contributed by atoms with E-state index in [1.165, 1.54) is 24.8 Å². The van der Waals surface area contributed by atoms with Gasteiger partial charge < -0.3 is 15.7 Å². The van der Waals surface area contributed by atoms with Gasteiger partial charge in [0.05, 0.1) is 6.04 Å². The molecule has 2 rings (SSSR count). The molecular formula is C18H28N2O2. The molecule has 3 N–H and O–H groups in total. The number of aliphatic hydroxyl groups is 1. The van der Waals surface area contributed by atoms with Crippen LogP contribution in [0, 0.1) is 11.8 Å². The molecule has 1 aromatic carbocycles. The largest absolute Gasteiger partial charge is 0.396 e. The predicted molar refractivity (Wildman–Crippen MR) is 88.5 cm³/mol. The number of carbonyl (C=O) groups is 1. The van der Waals surface area contributed by atoms with E-state index in [0.717, 1.165) is 12.3 Å². The lowest BCUT2D eigenvalue weighted by Gasteiger charge is -2.30. The van der Waals surface area contributed by atoms with E-state index in [-0.39, 0.29) is 24.6 Å². The fraction of sp³-hybridized carbons (Fsp3) is 0.611. The van der Waals surface area contributed by atoms with Crippen molar-refractivity contribution >= 4 is 6.03 Å². The molecule has 0 radical (unpaired) electrons. The molecule has 22 heavy (non-hydrogen) atoms. The van der Waals surface area contributed by atoms with E-state index in [4.69, 9.17) is 5.11 Å². The minimum absolute atomic E-state index is 0.0830. The molecule has 0 aliphatic heterocycles. The van der Waals surface area contributed by atoms with Crippen LogP contribution in [0.2, 0.25) is 0 Å². The van der Waals surface area contributed by atoms with Crippen LogP contribution in [0.4, 0.5) is 4.79 Å². The van der Waals surface area contributed by atoms with Crippen LogP contribution in [-0.4, -0.2) is 24.3 Å². The van der Waals surface area contributed by atoms with E-state index in [2.05, 4.69) is 22.8 Å². The smallest absolute Gasteiger partial charge is 0.315 e. The highest BCUT2D eigenvalue weighted by molar-refractivity contribution is 5.74. The van der Waals surface area contributed by atoms with Gasteiger partial charge in [0.25, 0.3) is 0 Å². The second kappa shape index (κ2) is 8.79. The maximum atomic E-state index is 12.1. The Labute approximate surface area is 133 Å². The predicted octanol–water partition coefficient (Wildman–Crippen LogP) is 3.24. The Bertz CT molecular complexity index is 446. The molecule has 0 bridgehead atoms. The van der Waals surface area contributed by atoms with E-state index < -0.39 is 0 Å². The summed E-state index contributed by atoms with van der Waals surface area (Å²) in [5.74, 6) is 1.02. The molecule has 2 amide bonds. The highest BCUT2D eigenvalue weighted by atomic mass is 16.3. The fourth-order valence-corrected chi connectivity index (χ4v) is 2.82. The van der Waals surface area contributed by atoms with Crippen LogP contribution >= 0.6 is 0 Å². The molecule has 1 fully saturated rings. The summed E-state index contributed by atoms with van der Waals surface area (Å²) < 4.78 is 0. The molecule has 4 heteroatoms. The van der Waals surface area contributed by atoms with Gasteiger partial charge in [-0.2, -0.15) is 0 Å². The van der Waals surface area contributed by atoms with E-state index in [1.807, 2.05) is 25.1 Å². The molecule has 0 aromatic heterocycles. The van der Waals surface area contributed by atoms with Crippen molar-refractivity contribution in [3.8, 4) is 0 Å². The quantitative estimate of drug-likeness (QED) is 0.690. The van der Waals surface area contributed by atoms with Crippen molar-refractivity contribution in [1.29, 1.82) is 0 Å². The minimum Gasteiger partial charge on any atom is -0.396 e. The maximum Gasteiger partial charge on any atom is 0.315 e. The molecule has 0 heterocycles. The van der Waals surface area contributed by atoms with Gasteiger partial charge in [-0.25, -0.2) is 4.79 Å². The number of carbonyl (C=O) groups excluding carboxylic acids is 1. The van der Waals surface area contributed by atoms with Gasteiger partial charge in [0.15, 0.2) is 0 Å². The number of hydrogen-bond donors (Lipinski definition) is 3. The lowest BCUT2D eigenvalue weighted by Crippen LogP contribution is -2.40. The highest BCUT2D eigenvalue weighted by Gasteiger charge is 2.24. The zero-order valence-electron chi connectivity index (χ0n) is 13.4. The van der Waals surface area contributed by atoms with Gasteiger partial charge in [-0.15, -0.1) is 0 Å². The van der Waals surface area contributed by atoms with E-state index >= 15 is 0 Å². The first-order valence-corrected chi connectivity index (χ1v) is 8.39. The Morgan fingerprint density at radius 3 is 2.64 bits per heavy atom. The number of aliphatic hydroxyl groups excluding tert-OH is 1. The van der Waals surface area contributed by atoms with Crippen LogP contribution in [-0.2, 0) is 0 Å². The number of nitrogens with one attached hydrogen (secondary N) is 2. The summed E-state index contributed by atoms with van der Waals surface area (Å²) in [5, 5.41) is 14.9. The maximum absolute atomic E-state index is 12.1. The monoisotopic (exact) mass is 304 g/mol. The fourth-order valence-electron chi connectivity index (χ4n) is 2.82. The molecule has 1 aliphatic rings. The molecule has 4 nitrogen and oxygen atoms in total. The third-order valence-electron chi connectivity index (χ3n) is 4.53. The number of amides is 2. The van der Waals surface area contributed by atoms with Crippen LogP contribution in [0.5, 0.6) is 0 Å². The second-order valence-corrected chi connectivity index (χ2v) is 6.47. The SMILES string of the molecule is CC(CCO)CNC(=O)NC(CC1CCC1)c1ccccc1. The van der Waals surface area contributed by atoms with Gasteiger partial charge in [0.2, 0.25) is 0 Å². The second-order valence-electron chi connectivity index (χ2n) is 6.47. The summed E-state index contributed by atoms with van der Waals surface area (Å²) in [5.41, 5.74) is 1.17. The first-order valence-electron chi connectivity index (χ1n) is 8.39. The van der Waals surface area contributed by atoms with Gasteiger partial charge in [0.1, 0.15) is 0 Å². The van der Waals surface area contributed by atoms with Gasteiger partial charge in [-0.3, -0.25) is 0 Å². The van der Waals surface area contributed by atoms with Gasteiger partial charge in [-0.05, 0) is 30.2 Å². The number of urea groups is 1. The average molecular weight is 304 g/mol. The first kappa shape index (κ1) is 16.8. The minimum atomic E-state index is -0.113. The Hall–Kier alpha value is -1.55. The summed E-state index contributed by atoms with van der Waals surface area (Å²) in [4.78, 5) is 12.1. The van der Waals surface area contributed by atoms with Crippen LogP contribution < -0.4 is 10.6 Å². The van der Waals surface area contributed by atoms with Crippen LogP contribution in [0.1, 0.15) is 50.6 Å². The molecule has 122 valence electrons. The third-order valence-corrected chi connectivity index (χ3v) is 4.53. The van der Waals surface area contributed by atoms with E-state index in [0.29, 0.717) is 13.0 Å². The zero-order valence-corrected chi connectivity index (χ0v) is 13.4. The van der Waals surface area contributed by atoms with Crippen LogP contribution in [0.3, 0.4) is 0 Å². The lowest BCUT2D eigenvalue weighted by atomic mass is 9.79. The normalized spacial score (nSPS) is 17.4. The van der Waals surface area contributed by atoms with E-state index in [9.17, 15) is 4.79 Å². The molecule has 2 unspecified atom stereocenters. The summed E-state index contributed by atoms with van der Waals surface area (Å²) in [6.45, 7) is 2.79. The molecule has 0 spiro atoms. The van der Waals surface area contributed by atoms with Gasteiger partial charge in [-0.1, -0.05) is 56.5 Å². The van der Waals surface area contributed by atoms with Crippen molar-refractivity contribution in [2.45, 2.75) is 45.1 Å². The third kappa shape index (κ3) is 5.34. The Balaban J connectivity index is 1.86. The summed E-state index contributed by atoms with van der Waals surface area (Å²) in [6.07, 6.45) is 5.60. The molecule has 1 aliphatic carbocycles. The van der Waals surface area contributed by atoms with Crippen molar-refractivity contribution in [2.75, 3.05) is 13.2 Å². The summed E-state index contributed by atoms with van der Waals surface area (Å²) in [7, 11) is 0. The molecule has 1 saturated carbocycles. The van der Waals surface area contributed by atoms with Crippen molar-refractivity contribution in [2.24, 2.45) is 11.8 Å². The average Bonchev–Trinajstić information content (AvgIpc) is 2.48. The number of hydrogen-bond acceptors (Lipinski definition) is 2. The van der Waals surface area contributed by atoms with Crippen LogP contribution in [0.15, 0.2) is 30.3 Å². The molecular weight excluding hydrogens is 276 g/mol. The summed E-state index contributed by atoms with van der Waals surface area (Å²) in [6, 6.07) is 10.2. The topological polar surface area (TPSA) is 61.4 Å². The molecule has 0 saturated heterocycles.